The van der Waals surface area contributed by atoms with Gasteiger partial charge in [0.05, 0.1) is 17.4 Å². The Morgan fingerprint density at radius 1 is 1.29 bits per heavy atom. The molecule has 0 atom stereocenters. The van der Waals surface area contributed by atoms with Crippen LogP contribution in [0.25, 0.3) is 0 Å². The van der Waals surface area contributed by atoms with Gasteiger partial charge in [-0.15, -0.1) is 0 Å². The van der Waals surface area contributed by atoms with Crippen LogP contribution >= 0.6 is 11.6 Å². The number of hydrogen-bond donors (Lipinski definition) is 2. The number of rotatable bonds is 4. The van der Waals surface area contributed by atoms with Gasteiger partial charge in [0.25, 0.3) is 5.91 Å². The lowest BCUT2D eigenvalue weighted by Gasteiger charge is -2.09. The maximum atomic E-state index is 13.0. The number of aromatic nitrogens is 2. The van der Waals surface area contributed by atoms with Crippen LogP contribution in [0.4, 0.5) is 15.9 Å². The molecule has 0 fully saturated rings. The number of amides is 1. The van der Waals surface area contributed by atoms with E-state index in [0.717, 1.165) is 0 Å². The van der Waals surface area contributed by atoms with Crippen molar-refractivity contribution < 1.29 is 9.18 Å². The first-order chi connectivity index (χ1) is 9.95. The van der Waals surface area contributed by atoms with Gasteiger partial charge in [-0.25, -0.2) is 14.4 Å². The quantitative estimate of drug-likeness (QED) is 0.909. The zero-order chi connectivity index (χ0) is 15.4. The Morgan fingerprint density at radius 2 is 2.05 bits per heavy atom. The lowest BCUT2D eigenvalue weighted by atomic mass is 10.3. The molecule has 1 heterocycles. The monoisotopic (exact) mass is 308 g/mol. The Bertz CT molecular complexity index is 646. The van der Waals surface area contributed by atoms with Crippen molar-refractivity contribution in [1.29, 1.82) is 0 Å². The summed E-state index contributed by atoms with van der Waals surface area (Å²) in [6.07, 6.45) is 2.84. The number of halogens is 2. The van der Waals surface area contributed by atoms with Crippen LogP contribution in [0.15, 0.2) is 30.6 Å². The van der Waals surface area contributed by atoms with E-state index in [-0.39, 0.29) is 16.8 Å². The number of nitrogens with zero attached hydrogens (tertiary/aromatic N) is 2. The molecule has 7 heteroatoms. The van der Waals surface area contributed by atoms with E-state index in [1.807, 2.05) is 13.8 Å². The average Bonchev–Trinajstić information content (AvgIpc) is 2.43. The highest BCUT2D eigenvalue weighted by molar-refractivity contribution is 6.31. The minimum absolute atomic E-state index is 0.0598. The van der Waals surface area contributed by atoms with E-state index in [1.54, 1.807) is 0 Å². The van der Waals surface area contributed by atoms with Gasteiger partial charge < -0.3 is 10.6 Å². The topological polar surface area (TPSA) is 66.9 Å². The van der Waals surface area contributed by atoms with E-state index in [9.17, 15) is 9.18 Å². The molecule has 1 aromatic heterocycles. The van der Waals surface area contributed by atoms with Gasteiger partial charge >= 0.3 is 0 Å². The summed E-state index contributed by atoms with van der Waals surface area (Å²) in [5, 5.41) is 5.58. The molecule has 1 aromatic carbocycles. The third-order valence-corrected chi connectivity index (χ3v) is 2.79. The van der Waals surface area contributed by atoms with Crippen LogP contribution in [-0.2, 0) is 0 Å². The lowest BCUT2D eigenvalue weighted by molar-refractivity contribution is 0.102. The predicted molar refractivity (Wildman–Crippen MR) is 80.2 cm³/mol. The lowest BCUT2D eigenvalue weighted by Crippen LogP contribution is -2.16. The van der Waals surface area contributed by atoms with Crippen LogP contribution in [0.3, 0.4) is 0 Å². The summed E-state index contributed by atoms with van der Waals surface area (Å²) in [5.74, 6) is -0.397. The van der Waals surface area contributed by atoms with Gasteiger partial charge in [-0.3, -0.25) is 4.79 Å². The van der Waals surface area contributed by atoms with E-state index >= 15 is 0 Å². The van der Waals surface area contributed by atoms with Crippen LogP contribution in [0.2, 0.25) is 5.02 Å². The zero-order valence-corrected chi connectivity index (χ0v) is 12.3. The number of carbonyl (C=O) groups is 1. The van der Waals surface area contributed by atoms with Crippen molar-refractivity contribution in [1.82, 2.24) is 9.97 Å². The molecule has 1 amide bonds. The number of hydrogen-bond acceptors (Lipinski definition) is 4. The van der Waals surface area contributed by atoms with Gasteiger partial charge in [0, 0.05) is 11.7 Å². The number of carbonyl (C=O) groups excluding carboxylic acids is 1. The van der Waals surface area contributed by atoms with Crippen LogP contribution in [-0.4, -0.2) is 21.9 Å². The largest absolute Gasteiger partial charge is 0.367 e. The van der Waals surface area contributed by atoms with Crippen molar-refractivity contribution in [3.05, 3.63) is 47.1 Å². The Morgan fingerprint density at radius 3 is 2.62 bits per heavy atom. The van der Waals surface area contributed by atoms with Crippen LogP contribution < -0.4 is 10.6 Å². The van der Waals surface area contributed by atoms with E-state index in [0.29, 0.717) is 11.5 Å². The normalized spacial score (nSPS) is 10.5. The van der Waals surface area contributed by atoms with Crippen molar-refractivity contribution in [3.63, 3.8) is 0 Å². The summed E-state index contributed by atoms with van der Waals surface area (Å²) < 4.78 is 13.0. The third kappa shape index (κ3) is 4.13. The van der Waals surface area contributed by atoms with Gasteiger partial charge in [0.1, 0.15) is 17.3 Å². The summed E-state index contributed by atoms with van der Waals surface area (Å²) in [7, 11) is 0. The summed E-state index contributed by atoms with van der Waals surface area (Å²) in [6, 6.07) is 4.15. The molecule has 0 saturated heterocycles. The Hall–Kier alpha value is -2.21. The first-order valence-electron chi connectivity index (χ1n) is 6.30. The number of benzene rings is 1. The Balaban J connectivity index is 2.07. The molecule has 0 spiro atoms. The van der Waals surface area contributed by atoms with E-state index < -0.39 is 11.7 Å². The van der Waals surface area contributed by atoms with Gasteiger partial charge in [0.2, 0.25) is 0 Å². The third-order valence-electron chi connectivity index (χ3n) is 2.50. The second-order valence-corrected chi connectivity index (χ2v) is 5.08. The highest BCUT2D eigenvalue weighted by Gasteiger charge is 2.10. The predicted octanol–water partition coefficient (Wildman–Crippen LogP) is 3.34. The molecule has 0 aliphatic carbocycles. The minimum Gasteiger partial charge on any atom is -0.367 e. The van der Waals surface area contributed by atoms with Crippen LogP contribution in [0.5, 0.6) is 0 Å². The highest BCUT2D eigenvalue weighted by atomic mass is 35.5. The zero-order valence-electron chi connectivity index (χ0n) is 11.5. The first-order valence-corrected chi connectivity index (χ1v) is 6.68. The first kappa shape index (κ1) is 15.2. The summed E-state index contributed by atoms with van der Waals surface area (Å²) in [4.78, 5) is 20.1. The van der Waals surface area contributed by atoms with Crippen molar-refractivity contribution >= 4 is 29.0 Å². The molecule has 21 heavy (non-hydrogen) atoms. The van der Waals surface area contributed by atoms with Crippen LogP contribution in [0, 0.1) is 5.82 Å². The van der Waals surface area contributed by atoms with Gasteiger partial charge in [-0.2, -0.15) is 0 Å². The van der Waals surface area contributed by atoms with Gasteiger partial charge in [0.15, 0.2) is 0 Å². The fourth-order valence-electron chi connectivity index (χ4n) is 1.58. The van der Waals surface area contributed by atoms with E-state index in [1.165, 1.54) is 30.6 Å². The summed E-state index contributed by atoms with van der Waals surface area (Å²) >= 11 is 5.65. The molecular formula is C14H14ClFN4O. The van der Waals surface area contributed by atoms with Gasteiger partial charge in [-0.05, 0) is 32.0 Å². The number of anilines is 2. The van der Waals surface area contributed by atoms with Crippen molar-refractivity contribution in [2.24, 2.45) is 0 Å². The highest BCUT2D eigenvalue weighted by Crippen LogP contribution is 2.19. The maximum absolute atomic E-state index is 13.0. The molecule has 5 nitrogen and oxygen atoms in total. The second kappa shape index (κ2) is 6.49. The summed E-state index contributed by atoms with van der Waals surface area (Å²) in [5.41, 5.74) is 0.544. The average molecular weight is 309 g/mol. The van der Waals surface area contributed by atoms with Crippen molar-refractivity contribution in [2.45, 2.75) is 19.9 Å². The molecule has 0 aliphatic heterocycles. The molecule has 2 rings (SSSR count). The molecule has 2 N–H and O–H groups in total. The molecule has 0 aliphatic rings. The standard InChI is InChI=1S/C14H14ClFN4O/c1-8(2)19-13-7-17-12(6-18-13)14(21)20-9-3-4-11(16)10(15)5-9/h3-8H,1-2H3,(H,18,19)(H,20,21). The smallest absolute Gasteiger partial charge is 0.275 e. The Labute approximate surface area is 126 Å². The fraction of sp³-hybridized carbons (Fsp3) is 0.214. The summed E-state index contributed by atoms with van der Waals surface area (Å²) in [6.45, 7) is 3.95. The van der Waals surface area contributed by atoms with Crippen molar-refractivity contribution in [2.75, 3.05) is 10.6 Å². The minimum atomic E-state index is -0.543. The maximum Gasteiger partial charge on any atom is 0.275 e. The molecule has 110 valence electrons. The van der Waals surface area contributed by atoms with E-state index in [4.69, 9.17) is 11.6 Å². The number of nitrogens with one attached hydrogen (secondary N) is 2. The molecule has 0 radical (unpaired) electrons. The SMILES string of the molecule is CC(C)Nc1cnc(C(=O)Nc2ccc(F)c(Cl)c2)cn1. The molecular weight excluding hydrogens is 295 g/mol. The van der Waals surface area contributed by atoms with Crippen molar-refractivity contribution in [3.8, 4) is 0 Å². The van der Waals surface area contributed by atoms with Crippen LogP contribution in [0.1, 0.15) is 24.3 Å². The molecule has 2 aromatic rings. The van der Waals surface area contributed by atoms with Gasteiger partial charge in [-0.1, -0.05) is 11.6 Å². The molecule has 0 saturated carbocycles. The Kier molecular flexibility index (Phi) is 4.70. The van der Waals surface area contributed by atoms with E-state index in [2.05, 4.69) is 20.6 Å². The second-order valence-electron chi connectivity index (χ2n) is 4.67. The molecule has 0 unspecified atom stereocenters. The molecule has 0 bridgehead atoms. The fourth-order valence-corrected chi connectivity index (χ4v) is 1.77.